The highest BCUT2D eigenvalue weighted by molar-refractivity contribution is 7.16. The molecule has 8 amide bonds. The smallest absolute Gasteiger partial charge is 0.345 e. The van der Waals surface area contributed by atoms with Gasteiger partial charge < -0.3 is 62.7 Å². The fourth-order valence-corrected chi connectivity index (χ4v) is 23.5. The first kappa shape index (κ1) is 81.9. The lowest BCUT2D eigenvalue weighted by Crippen LogP contribution is -2.24. The van der Waals surface area contributed by atoms with Crippen LogP contribution in [0.15, 0.2) is 138 Å². The SMILES string of the molecule is Cc1cc2c(s1)/C(=C1\C(=O)N(C)c3cc4c(cc31)N(C)C(=O)/C4=C1/C(=O)N(C)c3cc(C)sc31)C(=O)N2C.Cc1cc2c(s1)/C(=C1\C(=O)Oc3cc4c(cc31)OC(=O)/C4=C1/C(=O)N(C)c3cc(C)sc31)C(=O)N2C.Cc1ccc2c(c1)N(C)C(=O)/C2=C1/C(=O)Oc2cc3c(cc21)OC(=O)/C3=C1/C(=O)N(C)c2cc(C)ccc21.Cc1ccc2c(c1)c(=O)n(C)c1cc(C)ccc21. The summed E-state index contributed by atoms with van der Waals surface area (Å²) in [7, 11) is 15.3. The number of hydrogen-bond donors (Lipinski definition) is 0. The number of pyridine rings is 1. The van der Waals surface area contributed by atoms with Crippen LogP contribution in [0.4, 0.5) is 45.5 Å². The number of hydrogen-bond acceptors (Lipinski definition) is 21. The number of anilines is 8. The van der Waals surface area contributed by atoms with Crippen molar-refractivity contribution in [3.8, 4) is 23.0 Å². The van der Waals surface area contributed by atoms with Crippen molar-refractivity contribution in [3.05, 3.63) is 250 Å². The normalized spacial score (nSPS) is 20.1. The molecule has 130 heavy (non-hydrogen) atoms. The van der Waals surface area contributed by atoms with E-state index in [-0.39, 0.29) is 120 Å². The highest BCUT2D eigenvalue weighted by Crippen LogP contribution is 2.59. The Labute approximate surface area is 757 Å². The van der Waals surface area contributed by atoms with Crippen LogP contribution in [0.5, 0.6) is 23.0 Å². The molecule has 0 unspecified atom stereocenters. The van der Waals surface area contributed by atoms with E-state index in [9.17, 15) is 62.3 Å². The van der Waals surface area contributed by atoms with E-state index in [0.717, 1.165) is 90.4 Å². The molecule has 12 aliphatic rings. The van der Waals surface area contributed by atoms with Crippen LogP contribution >= 0.6 is 45.3 Å². The molecule has 0 saturated heterocycles. The fraction of sp³-hybridized carbons (Fsp3) is 0.170. The molecule has 0 fully saturated rings. The summed E-state index contributed by atoms with van der Waals surface area (Å²) in [5.74, 6) is -3.97. The van der Waals surface area contributed by atoms with Gasteiger partial charge in [0.1, 0.15) is 23.0 Å². The van der Waals surface area contributed by atoms with Crippen molar-refractivity contribution in [2.45, 2.75) is 55.4 Å². The number of thiophene rings is 4. The maximum absolute atomic E-state index is 13.6. The summed E-state index contributed by atoms with van der Waals surface area (Å²) < 4.78 is 24.1. The summed E-state index contributed by atoms with van der Waals surface area (Å²) in [6.45, 7) is 15.7. The van der Waals surface area contributed by atoms with Gasteiger partial charge in [-0.15, -0.1) is 45.3 Å². The Bertz CT molecular complexity index is 7550. The number of ether oxygens (including phenoxy) is 4. The summed E-state index contributed by atoms with van der Waals surface area (Å²) in [4.78, 5) is 191. The number of nitrogens with zero attached hydrogens (tertiary/aromatic N) is 9. The fourth-order valence-electron chi connectivity index (χ4n) is 19.2. The van der Waals surface area contributed by atoms with Crippen molar-refractivity contribution in [1.82, 2.24) is 4.57 Å². The van der Waals surface area contributed by atoms with E-state index >= 15 is 0 Å². The molecule has 644 valence electrons. The Morgan fingerprint density at radius 2 is 0.462 bits per heavy atom. The number of esters is 4. The largest absolute Gasteiger partial charge is 0.422 e. The topological polar surface area (TPSA) is 290 Å². The van der Waals surface area contributed by atoms with Gasteiger partial charge in [-0.25, -0.2) is 19.2 Å². The van der Waals surface area contributed by atoms with Crippen LogP contribution < -0.4 is 63.7 Å². The third kappa shape index (κ3) is 11.6. The van der Waals surface area contributed by atoms with Crippen LogP contribution in [0.2, 0.25) is 0 Å². The molecule has 0 radical (unpaired) electrons. The lowest BCUT2D eigenvalue weighted by atomic mass is 9.92. The summed E-state index contributed by atoms with van der Waals surface area (Å²) in [6, 6.07) is 41.1. The standard InChI is InChI=1S/C30H20N2O6.C28H22N4O4S2.C26H16N2O6S2.C16H15NO/c1-13-5-7-15-19(9-13)31(3)27(33)23(15)25-17-11-22-18(12-21(17)37-29(25)35)26(30(36)38-22)24-16-8-6-14(2)10-20(16)32(4)28(24)34;1-11-7-17-23(37-11)21(27(35)31(17)5)19-13-9-16-14(10-15(13)29(3)25(19)33)20(26(34)30(16)4)22-24-18(8-12(2)38-24)32(6)28(22)36;1-9-5-13-21(35-9)19(23(29)27(13)3)17-11-7-16-12(8-15(11)33-25(17)31)18(26(32)34-16)20-22-14(6-10(2)36-22)28(4)24(20)30;1-10-4-6-12-13-7-5-11(2)9-15(13)17(3)16(18)14(12)8-10/h5-12H,1-4H3;7-10H,1-6H3;5-8H,1-4H3;4-9H,1-3H3/b25-23+,26-24+;21-19+,22-20+;19-17+,20-18+;. The first-order valence-corrected chi connectivity index (χ1v) is 44.5. The molecular weight excluding hydrogens is 1730 g/mol. The highest BCUT2D eigenvalue weighted by Gasteiger charge is 2.51. The number of amides is 8. The minimum Gasteiger partial charge on any atom is -0.422 e. The molecule has 24 rings (SSSR count). The summed E-state index contributed by atoms with van der Waals surface area (Å²) in [5, 5.41) is 2.98. The van der Waals surface area contributed by atoms with Crippen molar-refractivity contribution in [2.24, 2.45) is 7.05 Å². The van der Waals surface area contributed by atoms with Gasteiger partial charge in [0.2, 0.25) is 0 Å². The number of fused-ring (bicyclic) bond motifs is 15. The average Bonchev–Trinajstić information content (AvgIpc) is 1.46. The number of carbonyl (C=O) groups is 12. The Balaban J connectivity index is 0.000000108. The van der Waals surface area contributed by atoms with E-state index in [4.69, 9.17) is 18.9 Å². The second-order valence-corrected chi connectivity index (χ2v) is 38.8. The molecule has 0 atom stereocenters. The van der Waals surface area contributed by atoms with Crippen molar-refractivity contribution < 1.29 is 76.5 Å². The Kier molecular flexibility index (Phi) is 18.1. The molecule has 17 heterocycles. The third-order valence-electron chi connectivity index (χ3n) is 25.7. The number of likely N-dealkylation sites (N-methyl/N-ethyl adjacent to an activating group) is 8. The zero-order chi connectivity index (χ0) is 91.6. The lowest BCUT2D eigenvalue weighted by molar-refractivity contribution is -0.127. The molecule has 0 aliphatic carbocycles. The molecule has 0 saturated carbocycles. The van der Waals surface area contributed by atoms with Crippen LogP contribution in [-0.2, 0) is 64.6 Å². The first-order chi connectivity index (χ1) is 61.9. The Morgan fingerprint density at radius 1 is 0.215 bits per heavy atom. The number of benzene rings is 7. The predicted octanol–water partition coefficient (Wildman–Crippen LogP) is 15.4. The van der Waals surface area contributed by atoms with Crippen LogP contribution in [0.3, 0.4) is 0 Å². The lowest BCUT2D eigenvalue weighted by Gasteiger charge is -2.13. The summed E-state index contributed by atoms with van der Waals surface area (Å²) in [6.07, 6.45) is 0. The van der Waals surface area contributed by atoms with Gasteiger partial charge in [-0.1, -0.05) is 54.1 Å². The quantitative estimate of drug-likeness (QED) is 0.0590. The molecule has 12 aliphatic heterocycles. The van der Waals surface area contributed by atoms with Gasteiger partial charge in [0.25, 0.3) is 52.8 Å². The molecule has 7 aromatic carbocycles. The van der Waals surface area contributed by atoms with Crippen molar-refractivity contribution in [1.29, 1.82) is 0 Å². The van der Waals surface area contributed by atoms with Gasteiger partial charge >= 0.3 is 23.9 Å². The molecule has 26 nitrogen and oxygen atoms in total. The van der Waals surface area contributed by atoms with Gasteiger partial charge in [-0.3, -0.25) is 43.2 Å². The second kappa shape index (κ2) is 28.7. The van der Waals surface area contributed by atoms with Gasteiger partial charge in [0.15, 0.2) is 0 Å². The van der Waals surface area contributed by atoms with E-state index in [1.165, 1.54) is 80.3 Å². The van der Waals surface area contributed by atoms with Crippen LogP contribution in [0.1, 0.15) is 106 Å². The predicted molar refractivity (Wildman–Crippen MR) is 505 cm³/mol. The van der Waals surface area contributed by atoms with E-state index in [1.54, 1.807) is 95.0 Å². The summed E-state index contributed by atoms with van der Waals surface area (Å²) >= 11 is 5.85. The molecule has 30 heteroatoms. The average molecular weight is 1800 g/mol. The third-order valence-corrected chi connectivity index (χ3v) is 29.9. The van der Waals surface area contributed by atoms with E-state index in [2.05, 4.69) is 24.3 Å². The van der Waals surface area contributed by atoms with E-state index < -0.39 is 23.9 Å². The van der Waals surface area contributed by atoms with Crippen LogP contribution in [0, 0.1) is 55.4 Å². The molecule has 0 spiro atoms. The Hall–Kier alpha value is -15.1. The summed E-state index contributed by atoms with van der Waals surface area (Å²) in [5.41, 5.74) is 18.1. The van der Waals surface area contributed by atoms with Crippen LogP contribution in [0.25, 0.3) is 88.6 Å². The number of rotatable bonds is 0. The van der Waals surface area contributed by atoms with E-state index in [1.807, 2.05) is 147 Å². The second-order valence-electron chi connectivity index (χ2n) is 33.8. The number of aryl methyl sites for hydroxylation is 9. The van der Waals surface area contributed by atoms with Gasteiger partial charge in [0.05, 0.1) is 137 Å². The molecule has 12 aromatic rings. The first-order valence-electron chi connectivity index (χ1n) is 41.2. The molecular formula is C100H73N9O17S4. The van der Waals surface area contributed by atoms with Gasteiger partial charge in [-0.05, 0) is 162 Å². The molecule has 0 N–H and O–H groups in total. The number of carbonyl (C=O) groups excluding carboxylic acids is 12. The number of aromatic nitrogens is 1. The molecule has 5 aromatic heterocycles. The monoisotopic (exact) mass is 1800 g/mol. The zero-order valence-corrected chi connectivity index (χ0v) is 76.1. The molecule has 0 bridgehead atoms. The maximum atomic E-state index is 13.6. The van der Waals surface area contributed by atoms with Gasteiger partial charge in [0, 0.05) is 138 Å². The van der Waals surface area contributed by atoms with Crippen molar-refractivity contribution in [3.63, 3.8) is 0 Å². The van der Waals surface area contributed by atoms with Gasteiger partial charge in [-0.2, -0.15) is 0 Å². The zero-order valence-electron chi connectivity index (χ0n) is 72.8. The minimum absolute atomic E-state index is 0.0757. The highest BCUT2D eigenvalue weighted by atomic mass is 32.1. The minimum atomic E-state index is -0.660. The van der Waals surface area contributed by atoms with E-state index in [0.29, 0.717) is 99.3 Å². The maximum Gasteiger partial charge on any atom is 0.345 e. The van der Waals surface area contributed by atoms with Crippen molar-refractivity contribution in [2.75, 3.05) is 95.6 Å². The Morgan fingerprint density at radius 3 is 0.785 bits per heavy atom. The van der Waals surface area contributed by atoms with Crippen LogP contribution in [-0.4, -0.2) is 132 Å². The van der Waals surface area contributed by atoms with Crippen molar-refractivity contribution >= 4 is 251 Å².